The molecule has 0 N–H and O–H groups in total. The lowest BCUT2D eigenvalue weighted by Gasteiger charge is -2.35. The smallest absolute Gasteiger partial charge is 0.147 e. The Labute approximate surface area is 169 Å². The highest BCUT2D eigenvalue weighted by Gasteiger charge is 2.38. The normalized spacial score (nSPS) is 15.8. The summed E-state index contributed by atoms with van der Waals surface area (Å²) in [4.78, 5) is 0. The Bertz CT molecular complexity index is 1470. The van der Waals surface area contributed by atoms with Crippen LogP contribution in [0.15, 0.2) is 91.0 Å². The van der Waals surface area contributed by atoms with E-state index >= 15 is 0 Å². The van der Waals surface area contributed by atoms with Crippen molar-refractivity contribution in [3.05, 3.63) is 91.0 Å². The molecule has 29 heavy (non-hydrogen) atoms. The highest BCUT2D eigenvalue weighted by atomic mass is 31.1. The fraction of sp³-hybridized carbons (Fsp3) is 0. The summed E-state index contributed by atoms with van der Waals surface area (Å²) in [6.07, 6.45) is 0. The highest BCUT2D eigenvalue weighted by molar-refractivity contribution is 7.80. The van der Waals surface area contributed by atoms with E-state index in [0.717, 1.165) is 39.2 Å². The summed E-state index contributed by atoms with van der Waals surface area (Å²) in [7, 11) is -0.747. The Morgan fingerprint density at radius 1 is 0.517 bits per heavy atom. The molecule has 2 heterocycles. The molecule has 0 aliphatic carbocycles. The van der Waals surface area contributed by atoms with E-state index in [1.807, 2.05) is 6.07 Å². The number of hydrogen-bond donors (Lipinski definition) is 0. The van der Waals surface area contributed by atoms with Gasteiger partial charge in [-0.3, -0.25) is 0 Å². The van der Waals surface area contributed by atoms with Crippen LogP contribution in [0.4, 0.5) is 0 Å². The van der Waals surface area contributed by atoms with Crippen molar-refractivity contribution in [2.75, 3.05) is 0 Å². The van der Waals surface area contributed by atoms with Gasteiger partial charge in [0, 0.05) is 29.3 Å². The van der Waals surface area contributed by atoms with Crippen molar-refractivity contribution < 1.29 is 9.47 Å². The average Bonchev–Trinajstić information content (AvgIpc) is 2.78. The van der Waals surface area contributed by atoms with Gasteiger partial charge in [-0.2, -0.15) is 0 Å². The third kappa shape index (κ3) is 2.04. The molecule has 0 saturated heterocycles. The third-order valence-electron chi connectivity index (χ3n) is 5.79. The van der Waals surface area contributed by atoms with E-state index < -0.39 is 7.92 Å². The topological polar surface area (TPSA) is 18.5 Å². The number of hydrogen-bond acceptors (Lipinski definition) is 2. The number of rotatable bonds is 0. The zero-order valence-electron chi connectivity index (χ0n) is 15.4. The summed E-state index contributed by atoms with van der Waals surface area (Å²) in [5.41, 5.74) is 0. The number of para-hydroxylation sites is 1. The van der Waals surface area contributed by atoms with Gasteiger partial charge >= 0.3 is 0 Å². The van der Waals surface area contributed by atoms with Gasteiger partial charge in [-0.05, 0) is 29.0 Å². The zero-order valence-corrected chi connectivity index (χ0v) is 16.3. The SMILES string of the molecule is c1ccc2c(c1)Oc1cc3ccccc3c3c1P2c1ccc2ccccc2c1O3. The number of ether oxygens (including phenoxy) is 2. The van der Waals surface area contributed by atoms with Crippen molar-refractivity contribution in [1.29, 1.82) is 0 Å². The van der Waals surface area contributed by atoms with Gasteiger partial charge in [-0.25, -0.2) is 0 Å². The molecule has 2 aliphatic heterocycles. The van der Waals surface area contributed by atoms with Crippen molar-refractivity contribution in [3.63, 3.8) is 0 Å². The lowest BCUT2D eigenvalue weighted by Crippen LogP contribution is -2.32. The van der Waals surface area contributed by atoms with Gasteiger partial charge in [0.05, 0.1) is 5.30 Å². The highest BCUT2D eigenvalue weighted by Crippen LogP contribution is 2.55. The largest absolute Gasteiger partial charge is 0.456 e. The fourth-order valence-electron chi connectivity index (χ4n) is 4.51. The maximum absolute atomic E-state index is 6.70. The Morgan fingerprint density at radius 2 is 1.24 bits per heavy atom. The van der Waals surface area contributed by atoms with Crippen LogP contribution in [0.25, 0.3) is 21.5 Å². The molecule has 0 radical (unpaired) electrons. The van der Waals surface area contributed by atoms with Gasteiger partial charge in [0.25, 0.3) is 0 Å². The molecule has 7 rings (SSSR count). The first-order valence-corrected chi connectivity index (χ1v) is 11.0. The summed E-state index contributed by atoms with van der Waals surface area (Å²) in [6, 6.07) is 31.9. The maximum atomic E-state index is 6.70. The van der Waals surface area contributed by atoms with Crippen LogP contribution < -0.4 is 25.4 Å². The van der Waals surface area contributed by atoms with E-state index in [0.29, 0.717) is 0 Å². The van der Waals surface area contributed by atoms with Gasteiger partial charge in [0.15, 0.2) is 0 Å². The van der Waals surface area contributed by atoms with Crippen molar-refractivity contribution in [3.8, 4) is 23.0 Å². The molecule has 0 fully saturated rings. The van der Waals surface area contributed by atoms with E-state index in [1.165, 1.54) is 21.3 Å². The fourth-order valence-corrected chi connectivity index (χ4v) is 7.12. The third-order valence-corrected chi connectivity index (χ3v) is 8.35. The molecule has 2 aliphatic rings. The molecule has 5 aromatic carbocycles. The van der Waals surface area contributed by atoms with Gasteiger partial charge in [0.2, 0.25) is 0 Å². The molecule has 0 saturated carbocycles. The summed E-state index contributed by atoms with van der Waals surface area (Å²) in [6.45, 7) is 0. The van der Waals surface area contributed by atoms with Crippen molar-refractivity contribution in [2.24, 2.45) is 0 Å². The molecule has 0 spiro atoms. The molecule has 5 aromatic rings. The van der Waals surface area contributed by atoms with Crippen LogP contribution in [0, 0.1) is 0 Å². The summed E-state index contributed by atoms with van der Waals surface area (Å²) in [5, 5.41) is 8.35. The predicted octanol–water partition coefficient (Wildman–Crippen LogP) is 5.96. The Balaban J connectivity index is 1.65. The van der Waals surface area contributed by atoms with E-state index in [9.17, 15) is 0 Å². The van der Waals surface area contributed by atoms with E-state index in [2.05, 4.69) is 84.9 Å². The molecule has 0 bridgehead atoms. The Morgan fingerprint density at radius 3 is 2.14 bits per heavy atom. The zero-order chi connectivity index (χ0) is 18.9. The van der Waals surface area contributed by atoms with Crippen LogP contribution in [0.3, 0.4) is 0 Å². The maximum Gasteiger partial charge on any atom is 0.147 e. The van der Waals surface area contributed by atoms with Gasteiger partial charge in [-0.1, -0.05) is 72.8 Å². The van der Waals surface area contributed by atoms with Crippen LogP contribution >= 0.6 is 7.92 Å². The second-order valence-corrected chi connectivity index (χ2v) is 9.50. The number of fused-ring (bicyclic) bond motifs is 8. The molecule has 1 atom stereocenters. The van der Waals surface area contributed by atoms with Crippen molar-refractivity contribution in [1.82, 2.24) is 0 Å². The first-order chi connectivity index (χ1) is 14.4. The average molecular weight is 390 g/mol. The minimum Gasteiger partial charge on any atom is -0.456 e. The van der Waals surface area contributed by atoms with Crippen LogP contribution in [0.1, 0.15) is 0 Å². The van der Waals surface area contributed by atoms with Crippen LogP contribution in [0.5, 0.6) is 23.0 Å². The van der Waals surface area contributed by atoms with Crippen molar-refractivity contribution in [2.45, 2.75) is 0 Å². The predicted molar refractivity (Wildman–Crippen MR) is 120 cm³/mol. The minimum atomic E-state index is -0.747. The molecule has 2 nitrogen and oxygen atoms in total. The second-order valence-electron chi connectivity index (χ2n) is 7.42. The molecule has 3 heteroatoms. The molecule has 136 valence electrons. The van der Waals surface area contributed by atoms with Crippen LogP contribution in [-0.4, -0.2) is 0 Å². The summed E-state index contributed by atoms with van der Waals surface area (Å²) in [5.74, 6) is 3.80. The van der Waals surface area contributed by atoms with Crippen LogP contribution in [0.2, 0.25) is 0 Å². The summed E-state index contributed by atoms with van der Waals surface area (Å²) < 4.78 is 13.1. The molecule has 1 unspecified atom stereocenters. The van der Waals surface area contributed by atoms with Crippen molar-refractivity contribution >= 4 is 45.4 Å². The lowest BCUT2D eigenvalue weighted by molar-refractivity contribution is 0.473. The Kier molecular flexibility index (Phi) is 3.00. The first-order valence-electron chi connectivity index (χ1n) is 9.71. The molecule has 0 aromatic heterocycles. The quantitative estimate of drug-likeness (QED) is 0.297. The molecule has 0 amide bonds. The molecular formula is C26H15O2P. The number of benzene rings is 5. The first kappa shape index (κ1) is 15.6. The second kappa shape index (κ2) is 5.59. The standard InChI is InChI=1S/C26H15O2P/c1-3-9-18-16(7-1)13-14-23-24(18)28-25-19-10-4-2-8-17(19)15-21-26(25)29(23)22-12-6-5-11-20(22)27-21/h1-15H. The van der Waals surface area contributed by atoms with E-state index in [1.54, 1.807) is 0 Å². The van der Waals surface area contributed by atoms with E-state index in [-0.39, 0.29) is 0 Å². The monoisotopic (exact) mass is 390 g/mol. The van der Waals surface area contributed by atoms with Gasteiger partial charge in [-0.15, -0.1) is 0 Å². The van der Waals surface area contributed by atoms with Crippen LogP contribution in [-0.2, 0) is 0 Å². The van der Waals surface area contributed by atoms with E-state index in [4.69, 9.17) is 9.47 Å². The lowest BCUT2D eigenvalue weighted by atomic mass is 10.1. The molecular weight excluding hydrogens is 375 g/mol. The minimum absolute atomic E-state index is 0.747. The van der Waals surface area contributed by atoms with Gasteiger partial charge < -0.3 is 9.47 Å². The van der Waals surface area contributed by atoms with Gasteiger partial charge in [0.1, 0.15) is 23.0 Å². The Hall–Kier alpha value is -3.35. The summed E-state index contributed by atoms with van der Waals surface area (Å²) >= 11 is 0.